The summed E-state index contributed by atoms with van der Waals surface area (Å²) in [5.74, 6) is -1.41. The molecule has 0 aliphatic heterocycles. The van der Waals surface area contributed by atoms with Crippen molar-refractivity contribution < 1.29 is 14.7 Å². The maximum Gasteiger partial charge on any atom is 0.338 e. The number of carboxylic acid groups (broad SMARTS) is 1. The average molecular weight is 264 g/mol. The van der Waals surface area contributed by atoms with E-state index in [0.717, 1.165) is 12.8 Å². The largest absolute Gasteiger partial charge is 0.478 e. The molecule has 0 heterocycles. The average Bonchev–Trinajstić information content (AvgIpc) is 2.35. The molecule has 0 bridgehead atoms. The van der Waals surface area contributed by atoms with Crippen LogP contribution in [0.1, 0.15) is 42.1 Å². The Labute approximate surface area is 112 Å². The van der Waals surface area contributed by atoms with Crippen molar-refractivity contribution in [2.75, 3.05) is 5.32 Å². The molecule has 1 rings (SSSR count). The van der Waals surface area contributed by atoms with Crippen molar-refractivity contribution in [3.8, 4) is 0 Å². The number of unbranched alkanes of at least 4 members (excludes halogenated alkanes) is 1. The normalized spacial score (nSPS) is 11.9. The highest BCUT2D eigenvalue weighted by atomic mass is 16.4. The quantitative estimate of drug-likeness (QED) is 0.734. The van der Waals surface area contributed by atoms with Crippen LogP contribution >= 0.6 is 0 Å². The lowest BCUT2D eigenvalue weighted by Gasteiger charge is -2.14. The number of hydrogen-bond donors (Lipinski definition) is 3. The van der Waals surface area contributed by atoms with Gasteiger partial charge >= 0.3 is 5.97 Å². The summed E-state index contributed by atoms with van der Waals surface area (Å²) in [5.41, 5.74) is 6.77. The van der Waals surface area contributed by atoms with Gasteiger partial charge in [-0.05, 0) is 25.0 Å². The Morgan fingerprint density at radius 1 is 1.42 bits per heavy atom. The SMILES string of the molecule is CCCCC(N)C(=O)Nc1cccc(C)c1C(=O)O. The molecule has 0 aliphatic rings. The maximum atomic E-state index is 11.9. The second-order valence-corrected chi connectivity index (χ2v) is 4.54. The zero-order chi connectivity index (χ0) is 14.4. The number of benzene rings is 1. The second-order valence-electron chi connectivity index (χ2n) is 4.54. The van der Waals surface area contributed by atoms with E-state index in [-0.39, 0.29) is 11.5 Å². The number of amides is 1. The topological polar surface area (TPSA) is 92.4 Å². The van der Waals surface area contributed by atoms with Crippen LogP contribution in [0.5, 0.6) is 0 Å². The van der Waals surface area contributed by atoms with Crippen LogP contribution in [0.3, 0.4) is 0 Å². The number of carbonyl (C=O) groups excluding carboxylic acids is 1. The van der Waals surface area contributed by atoms with Gasteiger partial charge in [-0.25, -0.2) is 4.79 Å². The fraction of sp³-hybridized carbons (Fsp3) is 0.429. The highest BCUT2D eigenvalue weighted by molar-refractivity contribution is 6.02. The summed E-state index contributed by atoms with van der Waals surface area (Å²) >= 11 is 0. The first kappa shape index (κ1) is 15.2. The van der Waals surface area contributed by atoms with E-state index >= 15 is 0 Å². The highest BCUT2D eigenvalue weighted by Crippen LogP contribution is 2.19. The molecular formula is C14H20N2O3. The van der Waals surface area contributed by atoms with Gasteiger partial charge in [-0.2, -0.15) is 0 Å². The maximum absolute atomic E-state index is 11.9. The number of anilines is 1. The third kappa shape index (κ3) is 4.06. The van der Waals surface area contributed by atoms with Crippen molar-refractivity contribution >= 4 is 17.6 Å². The summed E-state index contributed by atoms with van der Waals surface area (Å²) in [6.45, 7) is 3.71. The number of hydrogen-bond acceptors (Lipinski definition) is 3. The number of carboxylic acids is 1. The second kappa shape index (κ2) is 6.89. The van der Waals surface area contributed by atoms with Gasteiger partial charge in [0, 0.05) is 0 Å². The Morgan fingerprint density at radius 2 is 2.11 bits per heavy atom. The van der Waals surface area contributed by atoms with E-state index in [2.05, 4.69) is 5.32 Å². The zero-order valence-electron chi connectivity index (χ0n) is 11.3. The Bertz CT molecular complexity index is 472. The summed E-state index contributed by atoms with van der Waals surface area (Å²) in [6.07, 6.45) is 2.43. The Morgan fingerprint density at radius 3 is 2.68 bits per heavy atom. The lowest BCUT2D eigenvalue weighted by atomic mass is 10.1. The molecule has 0 spiro atoms. The minimum atomic E-state index is -1.06. The van der Waals surface area contributed by atoms with Gasteiger partial charge in [0.05, 0.1) is 17.3 Å². The van der Waals surface area contributed by atoms with Crippen molar-refractivity contribution in [3.63, 3.8) is 0 Å². The first-order valence-electron chi connectivity index (χ1n) is 6.36. The van der Waals surface area contributed by atoms with Crippen LogP contribution in [0.2, 0.25) is 0 Å². The molecule has 0 radical (unpaired) electrons. The van der Waals surface area contributed by atoms with Crippen LogP contribution in [0.15, 0.2) is 18.2 Å². The number of rotatable bonds is 6. The number of aromatic carboxylic acids is 1. The molecule has 1 aromatic carbocycles. The first-order valence-corrected chi connectivity index (χ1v) is 6.36. The fourth-order valence-corrected chi connectivity index (χ4v) is 1.84. The van der Waals surface area contributed by atoms with E-state index in [9.17, 15) is 9.59 Å². The predicted molar refractivity (Wildman–Crippen MR) is 74.3 cm³/mol. The minimum absolute atomic E-state index is 0.110. The van der Waals surface area contributed by atoms with Crippen LogP contribution in [-0.4, -0.2) is 23.0 Å². The zero-order valence-corrected chi connectivity index (χ0v) is 11.3. The molecule has 1 atom stereocenters. The third-order valence-electron chi connectivity index (χ3n) is 2.95. The molecule has 0 aromatic heterocycles. The fourth-order valence-electron chi connectivity index (χ4n) is 1.84. The number of nitrogens with two attached hydrogens (primary N) is 1. The van der Waals surface area contributed by atoms with Crippen LogP contribution in [0.25, 0.3) is 0 Å². The molecule has 0 saturated heterocycles. The lowest BCUT2D eigenvalue weighted by Crippen LogP contribution is -2.35. The highest BCUT2D eigenvalue weighted by Gasteiger charge is 2.18. The number of aryl methyl sites for hydroxylation is 1. The lowest BCUT2D eigenvalue weighted by molar-refractivity contribution is -0.117. The van der Waals surface area contributed by atoms with Crippen molar-refractivity contribution in [3.05, 3.63) is 29.3 Å². The Hall–Kier alpha value is -1.88. The summed E-state index contributed by atoms with van der Waals surface area (Å²) in [7, 11) is 0. The molecule has 5 heteroatoms. The van der Waals surface area contributed by atoms with Crippen LogP contribution in [-0.2, 0) is 4.79 Å². The number of carbonyl (C=O) groups is 2. The standard InChI is InChI=1S/C14H20N2O3/c1-3-4-7-10(15)13(17)16-11-8-5-6-9(2)12(11)14(18)19/h5-6,8,10H,3-4,7,15H2,1-2H3,(H,16,17)(H,18,19). The van der Waals surface area contributed by atoms with Crippen molar-refractivity contribution in [1.29, 1.82) is 0 Å². The van der Waals surface area contributed by atoms with Crippen LogP contribution in [0, 0.1) is 6.92 Å². The van der Waals surface area contributed by atoms with Crippen molar-refractivity contribution in [2.45, 2.75) is 39.2 Å². The summed E-state index contributed by atoms with van der Waals surface area (Å²) < 4.78 is 0. The Balaban J connectivity index is 2.85. The Kier molecular flexibility index (Phi) is 5.51. The summed E-state index contributed by atoms with van der Waals surface area (Å²) in [6, 6.07) is 4.36. The van der Waals surface area contributed by atoms with Gasteiger partial charge in [0.15, 0.2) is 0 Å². The predicted octanol–water partition coefficient (Wildman–Crippen LogP) is 2.15. The van der Waals surface area contributed by atoms with Gasteiger partial charge in [-0.1, -0.05) is 31.9 Å². The smallest absolute Gasteiger partial charge is 0.338 e. The first-order chi connectivity index (χ1) is 8.97. The van der Waals surface area contributed by atoms with E-state index < -0.39 is 12.0 Å². The molecule has 5 nitrogen and oxygen atoms in total. The van der Waals surface area contributed by atoms with Gasteiger partial charge in [0.1, 0.15) is 0 Å². The summed E-state index contributed by atoms with van der Waals surface area (Å²) in [5, 5.41) is 11.8. The molecule has 104 valence electrons. The monoisotopic (exact) mass is 264 g/mol. The molecular weight excluding hydrogens is 244 g/mol. The molecule has 0 fully saturated rings. The van der Waals surface area contributed by atoms with Crippen molar-refractivity contribution in [2.24, 2.45) is 5.73 Å². The molecule has 1 unspecified atom stereocenters. The molecule has 19 heavy (non-hydrogen) atoms. The van der Waals surface area contributed by atoms with Crippen LogP contribution < -0.4 is 11.1 Å². The van der Waals surface area contributed by atoms with Gasteiger partial charge in [-0.3, -0.25) is 4.79 Å². The van der Waals surface area contributed by atoms with E-state index in [4.69, 9.17) is 10.8 Å². The summed E-state index contributed by atoms with van der Waals surface area (Å²) in [4.78, 5) is 23.1. The third-order valence-corrected chi connectivity index (χ3v) is 2.95. The molecule has 4 N–H and O–H groups in total. The van der Waals surface area contributed by atoms with Gasteiger partial charge in [0.25, 0.3) is 0 Å². The molecule has 0 saturated carbocycles. The molecule has 1 amide bonds. The van der Waals surface area contributed by atoms with Crippen LogP contribution in [0.4, 0.5) is 5.69 Å². The van der Waals surface area contributed by atoms with Gasteiger partial charge in [0.2, 0.25) is 5.91 Å². The van der Waals surface area contributed by atoms with E-state index in [1.165, 1.54) is 0 Å². The number of nitrogens with one attached hydrogen (secondary N) is 1. The van der Waals surface area contributed by atoms with Crippen molar-refractivity contribution in [1.82, 2.24) is 0 Å². The van der Waals surface area contributed by atoms with E-state index in [1.54, 1.807) is 25.1 Å². The molecule has 1 aromatic rings. The van der Waals surface area contributed by atoms with E-state index in [1.807, 2.05) is 6.92 Å². The molecule has 0 aliphatic carbocycles. The van der Waals surface area contributed by atoms with E-state index in [0.29, 0.717) is 17.7 Å². The minimum Gasteiger partial charge on any atom is -0.478 e. The van der Waals surface area contributed by atoms with Gasteiger partial charge < -0.3 is 16.2 Å². The van der Waals surface area contributed by atoms with Gasteiger partial charge in [-0.15, -0.1) is 0 Å².